The van der Waals surface area contributed by atoms with Gasteiger partial charge in [0.15, 0.2) is 0 Å². The van der Waals surface area contributed by atoms with Gasteiger partial charge in [-0.25, -0.2) is 0 Å². The molecule has 0 heterocycles. The molecule has 0 bridgehead atoms. The van der Waals surface area contributed by atoms with Crippen LogP contribution in [0.4, 0.5) is 0 Å². The zero-order valence-corrected chi connectivity index (χ0v) is 8.51. The molecule has 0 aliphatic carbocycles. The first kappa shape index (κ1) is 11.9. The van der Waals surface area contributed by atoms with Crippen molar-refractivity contribution in [2.45, 2.75) is 13.8 Å². The highest BCUT2D eigenvalue weighted by Gasteiger charge is 1.93. The summed E-state index contributed by atoms with van der Waals surface area (Å²) >= 11 is 0. The SMILES string of the molecule is CCOCCOCCN(C)CC. The van der Waals surface area contributed by atoms with Crippen molar-refractivity contribution in [2.75, 3.05) is 46.6 Å². The Morgan fingerprint density at radius 1 is 1.00 bits per heavy atom. The quantitative estimate of drug-likeness (QED) is 0.514. The fourth-order valence-corrected chi connectivity index (χ4v) is 0.743. The minimum Gasteiger partial charge on any atom is -0.379 e. The van der Waals surface area contributed by atoms with Crippen LogP contribution in [-0.4, -0.2) is 51.5 Å². The lowest BCUT2D eigenvalue weighted by Crippen LogP contribution is -2.23. The van der Waals surface area contributed by atoms with E-state index in [9.17, 15) is 0 Å². The summed E-state index contributed by atoms with van der Waals surface area (Å²) in [5.74, 6) is 0. The molecule has 0 radical (unpaired) electrons. The molecule has 0 aromatic carbocycles. The Bertz CT molecular complexity index is 88.6. The van der Waals surface area contributed by atoms with Gasteiger partial charge in [-0.2, -0.15) is 0 Å². The van der Waals surface area contributed by atoms with Gasteiger partial charge in [0, 0.05) is 13.2 Å². The van der Waals surface area contributed by atoms with E-state index in [1.165, 1.54) is 0 Å². The van der Waals surface area contributed by atoms with Crippen molar-refractivity contribution < 1.29 is 9.47 Å². The van der Waals surface area contributed by atoms with E-state index >= 15 is 0 Å². The summed E-state index contributed by atoms with van der Waals surface area (Å²) in [6, 6.07) is 0. The van der Waals surface area contributed by atoms with Crippen LogP contribution >= 0.6 is 0 Å². The maximum atomic E-state index is 5.34. The van der Waals surface area contributed by atoms with E-state index < -0.39 is 0 Å². The highest BCUT2D eigenvalue weighted by Crippen LogP contribution is 1.82. The first-order valence-corrected chi connectivity index (χ1v) is 4.65. The molecular formula is C9H21NO2. The molecule has 0 atom stereocenters. The predicted molar refractivity (Wildman–Crippen MR) is 50.5 cm³/mol. The average Bonchev–Trinajstić information content (AvgIpc) is 2.10. The minimum absolute atomic E-state index is 0.714. The second-order valence-corrected chi connectivity index (χ2v) is 2.71. The van der Waals surface area contributed by atoms with Gasteiger partial charge >= 0.3 is 0 Å². The summed E-state index contributed by atoms with van der Waals surface area (Å²) in [6.07, 6.45) is 0. The summed E-state index contributed by atoms with van der Waals surface area (Å²) in [7, 11) is 2.09. The molecule has 0 unspecified atom stereocenters. The van der Waals surface area contributed by atoms with Gasteiger partial charge in [0.1, 0.15) is 0 Å². The topological polar surface area (TPSA) is 21.7 Å². The number of likely N-dealkylation sites (N-methyl/N-ethyl adjacent to an activating group) is 1. The van der Waals surface area contributed by atoms with Crippen LogP contribution in [0.2, 0.25) is 0 Å². The zero-order valence-electron chi connectivity index (χ0n) is 8.51. The van der Waals surface area contributed by atoms with Crippen LogP contribution in [0, 0.1) is 0 Å². The Morgan fingerprint density at radius 2 is 1.67 bits per heavy atom. The summed E-state index contributed by atoms with van der Waals surface area (Å²) < 4.78 is 10.5. The van der Waals surface area contributed by atoms with Crippen LogP contribution in [0.5, 0.6) is 0 Å². The predicted octanol–water partition coefficient (Wildman–Crippen LogP) is 0.991. The van der Waals surface area contributed by atoms with Gasteiger partial charge in [0.05, 0.1) is 19.8 Å². The normalized spacial score (nSPS) is 11.0. The molecule has 0 saturated heterocycles. The van der Waals surface area contributed by atoms with E-state index in [2.05, 4.69) is 18.9 Å². The number of hydrogen-bond acceptors (Lipinski definition) is 3. The van der Waals surface area contributed by atoms with Crippen molar-refractivity contribution in [3.05, 3.63) is 0 Å². The third-order valence-electron chi connectivity index (χ3n) is 1.73. The molecule has 0 N–H and O–H groups in total. The van der Waals surface area contributed by atoms with Gasteiger partial charge in [-0.15, -0.1) is 0 Å². The van der Waals surface area contributed by atoms with E-state index in [-0.39, 0.29) is 0 Å². The Hall–Kier alpha value is -0.120. The third-order valence-corrected chi connectivity index (χ3v) is 1.73. The van der Waals surface area contributed by atoms with Crippen LogP contribution in [-0.2, 0) is 9.47 Å². The van der Waals surface area contributed by atoms with Gasteiger partial charge in [-0.05, 0) is 20.5 Å². The number of hydrogen-bond donors (Lipinski definition) is 0. The average molecular weight is 175 g/mol. The molecule has 0 aromatic rings. The molecule has 0 fully saturated rings. The molecule has 3 heteroatoms. The fraction of sp³-hybridized carbons (Fsp3) is 1.00. The lowest BCUT2D eigenvalue weighted by atomic mass is 10.5. The maximum absolute atomic E-state index is 5.34. The third kappa shape index (κ3) is 7.98. The van der Waals surface area contributed by atoms with Gasteiger partial charge < -0.3 is 14.4 Å². The van der Waals surface area contributed by atoms with Gasteiger partial charge in [0.25, 0.3) is 0 Å². The Balaban J connectivity index is 2.90. The van der Waals surface area contributed by atoms with Crippen molar-refractivity contribution in [1.82, 2.24) is 4.90 Å². The van der Waals surface area contributed by atoms with Crippen molar-refractivity contribution in [3.8, 4) is 0 Å². The van der Waals surface area contributed by atoms with Crippen molar-refractivity contribution in [3.63, 3.8) is 0 Å². The molecule has 0 amide bonds. The van der Waals surface area contributed by atoms with Crippen molar-refractivity contribution in [1.29, 1.82) is 0 Å². The molecule has 0 aliphatic rings. The highest BCUT2D eigenvalue weighted by atomic mass is 16.5. The first-order chi connectivity index (χ1) is 5.81. The van der Waals surface area contributed by atoms with E-state index in [4.69, 9.17) is 9.47 Å². The van der Waals surface area contributed by atoms with E-state index in [0.29, 0.717) is 13.2 Å². The van der Waals surface area contributed by atoms with E-state index in [1.54, 1.807) is 0 Å². The standard InChI is InChI=1S/C9H21NO2/c1-4-10(3)6-7-12-9-8-11-5-2/h4-9H2,1-3H3. The molecule has 0 spiro atoms. The molecular weight excluding hydrogens is 154 g/mol. The molecule has 12 heavy (non-hydrogen) atoms. The zero-order chi connectivity index (χ0) is 9.23. The lowest BCUT2D eigenvalue weighted by molar-refractivity contribution is 0.0458. The Morgan fingerprint density at radius 3 is 2.25 bits per heavy atom. The lowest BCUT2D eigenvalue weighted by Gasteiger charge is -2.13. The largest absolute Gasteiger partial charge is 0.379 e. The smallest absolute Gasteiger partial charge is 0.0701 e. The number of ether oxygens (including phenoxy) is 2. The van der Waals surface area contributed by atoms with Crippen LogP contribution in [0.15, 0.2) is 0 Å². The van der Waals surface area contributed by atoms with E-state index in [1.807, 2.05) is 6.92 Å². The monoisotopic (exact) mass is 175 g/mol. The maximum Gasteiger partial charge on any atom is 0.0701 e. The minimum atomic E-state index is 0.714. The van der Waals surface area contributed by atoms with Gasteiger partial charge in [-0.1, -0.05) is 6.92 Å². The molecule has 0 saturated carbocycles. The summed E-state index contributed by atoms with van der Waals surface area (Å²) in [4.78, 5) is 2.22. The molecule has 0 rings (SSSR count). The molecule has 74 valence electrons. The Labute approximate surface area is 75.6 Å². The fourth-order valence-electron chi connectivity index (χ4n) is 0.743. The van der Waals surface area contributed by atoms with Crippen LogP contribution in [0.1, 0.15) is 13.8 Å². The number of rotatable bonds is 8. The molecule has 0 aliphatic heterocycles. The molecule has 3 nitrogen and oxygen atoms in total. The van der Waals surface area contributed by atoms with Crippen molar-refractivity contribution >= 4 is 0 Å². The summed E-state index contributed by atoms with van der Waals surface area (Å²) in [5, 5.41) is 0. The van der Waals surface area contributed by atoms with Crippen LogP contribution in [0.3, 0.4) is 0 Å². The van der Waals surface area contributed by atoms with Gasteiger partial charge in [-0.3, -0.25) is 0 Å². The first-order valence-electron chi connectivity index (χ1n) is 4.65. The Kier molecular flexibility index (Phi) is 8.88. The van der Waals surface area contributed by atoms with Gasteiger partial charge in [0.2, 0.25) is 0 Å². The number of nitrogens with zero attached hydrogens (tertiary/aromatic N) is 1. The summed E-state index contributed by atoms with van der Waals surface area (Å²) in [6.45, 7) is 9.22. The van der Waals surface area contributed by atoms with Crippen LogP contribution < -0.4 is 0 Å². The van der Waals surface area contributed by atoms with E-state index in [0.717, 1.165) is 26.3 Å². The summed E-state index contributed by atoms with van der Waals surface area (Å²) in [5.41, 5.74) is 0. The van der Waals surface area contributed by atoms with Crippen molar-refractivity contribution in [2.24, 2.45) is 0 Å². The second-order valence-electron chi connectivity index (χ2n) is 2.71. The van der Waals surface area contributed by atoms with Crippen LogP contribution in [0.25, 0.3) is 0 Å². The second kappa shape index (κ2) is 8.97. The molecule has 0 aromatic heterocycles. The highest BCUT2D eigenvalue weighted by molar-refractivity contribution is 4.44.